The Morgan fingerprint density at radius 2 is 1.71 bits per heavy atom. The van der Waals surface area contributed by atoms with Gasteiger partial charge in [0.2, 0.25) is 15.9 Å². The zero-order valence-electron chi connectivity index (χ0n) is 23.2. The number of benzene rings is 1. The molecule has 0 spiro atoms. The summed E-state index contributed by atoms with van der Waals surface area (Å²) in [6.45, 7) is 1.16. The van der Waals surface area contributed by atoms with Gasteiger partial charge in [-0.05, 0) is 29.8 Å². The van der Waals surface area contributed by atoms with Crippen molar-refractivity contribution in [1.82, 2.24) is 24.8 Å². The first-order chi connectivity index (χ1) is 21.1. The van der Waals surface area contributed by atoms with Gasteiger partial charge in [0.15, 0.2) is 5.13 Å². The highest BCUT2D eigenvalue weighted by Gasteiger charge is 2.44. The predicted octanol–water partition coefficient (Wildman–Crippen LogP) is 4.47. The van der Waals surface area contributed by atoms with Crippen molar-refractivity contribution < 1.29 is 49.0 Å². The fraction of sp³-hybridized carbons (Fsp3) is 0.385. The monoisotopic (exact) mass is 678 g/mol. The van der Waals surface area contributed by atoms with Crippen LogP contribution in [0.5, 0.6) is 5.75 Å². The van der Waals surface area contributed by atoms with Gasteiger partial charge in [0.1, 0.15) is 23.1 Å². The van der Waals surface area contributed by atoms with Crippen molar-refractivity contribution in [2.24, 2.45) is 5.92 Å². The Morgan fingerprint density at radius 1 is 1.02 bits per heavy atom. The number of nitrogens with zero attached hydrogens (tertiary/aromatic N) is 5. The van der Waals surface area contributed by atoms with Gasteiger partial charge in [-0.3, -0.25) is 4.79 Å². The number of hydrogen-bond donors (Lipinski definition) is 1. The van der Waals surface area contributed by atoms with Crippen LogP contribution >= 0.6 is 11.3 Å². The summed E-state index contributed by atoms with van der Waals surface area (Å²) in [7, 11) is -4.37. The number of allylic oxidation sites excluding steroid dienone is 4. The second-order valence-electron chi connectivity index (χ2n) is 10.1. The molecule has 0 bridgehead atoms. The van der Waals surface area contributed by atoms with Crippen LogP contribution in [-0.2, 0) is 26.1 Å². The number of alkyl halides is 6. The number of fused-ring (bicyclic) bond motifs is 1. The first-order valence-corrected chi connectivity index (χ1v) is 15.5. The van der Waals surface area contributed by atoms with Crippen molar-refractivity contribution >= 4 is 42.6 Å². The number of nitrogens with one attached hydrogen (secondary N) is 1. The molecule has 1 fully saturated rings. The molecule has 5 rings (SSSR count). The third kappa shape index (κ3) is 7.82. The first kappa shape index (κ1) is 32.4. The van der Waals surface area contributed by atoms with Gasteiger partial charge in [-0.15, -0.1) is 26.3 Å². The third-order valence-corrected chi connectivity index (χ3v) is 10.2. The SMILES string of the molecule is CC1CC(OC(F)(F)F)=CC=C1S(=O)(=O)N1CCN(c2nc3cnncc3s2)C[C@@H]1C(=O)NCc1ccc(OC(F)(F)F)cc1. The third-order valence-electron chi connectivity index (χ3n) is 6.90. The molecule has 1 aliphatic carbocycles. The van der Waals surface area contributed by atoms with Crippen LogP contribution in [-0.4, -0.2) is 72.2 Å². The van der Waals surface area contributed by atoms with E-state index >= 15 is 0 Å². The van der Waals surface area contributed by atoms with E-state index < -0.39 is 52.1 Å². The standard InChI is InChI=1S/C26H24F6N6O5S2/c1-15-10-18(43-26(30,31)32)6-7-22(15)45(40,41)38-9-8-37(24-36-19-12-34-35-13-21(19)44-24)14-20(38)23(39)33-11-16-2-4-17(5-3-16)42-25(27,28)29/h2-7,12-13,15,20H,8-11,14H2,1H3,(H,33,39)/t15?,20-/m1/s1. The molecule has 1 amide bonds. The Morgan fingerprint density at radius 3 is 2.36 bits per heavy atom. The van der Waals surface area contributed by atoms with E-state index in [0.29, 0.717) is 16.2 Å². The van der Waals surface area contributed by atoms with Gasteiger partial charge in [-0.25, -0.2) is 13.4 Å². The Labute approximate surface area is 256 Å². The highest BCUT2D eigenvalue weighted by molar-refractivity contribution is 7.93. The number of rotatable bonds is 8. The Kier molecular flexibility index (Phi) is 8.96. The van der Waals surface area contributed by atoms with Crippen molar-refractivity contribution in [3.63, 3.8) is 0 Å². The summed E-state index contributed by atoms with van der Waals surface area (Å²) in [5.41, 5.74) is 0.973. The Balaban J connectivity index is 1.39. The largest absolute Gasteiger partial charge is 0.573 e. The lowest BCUT2D eigenvalue weighted by Gasteiger charge is -2.40. The fourth-order valence-corrected chi connectivity index (χ4v) is 7.75. The average Bonchev–Trinajstić information content (AvgIpc) is 3.39. The van der Waals surface area contributed by atoms with Crippen LogP contribution in [0, 0.1) is 5.92 Å². The Bertz CT molecular complexity index is 1690. The van der Waals surface area contributed by atoms with E-state index in [1.807, 2.05) is 0 Å². The molecule has 0 saturated carbocycles. The molecule has 19 heteroatoms. The summed E-state index contributed by atoms with van der Waals surface area (Å²) in [6.07, 6.45) is -5.16. The van der Waals surface area contributed by atoms with E-state index in [2.05, 4.69) is 30.0 Å². The average molecular weight is 679 g/mol. The van der Waals surface area contributed by atoms with Crippen LogP contribution in [0.1, 0.15) is 18.9 Å². The quantitative estimate of drug-likeness (QED) is 0.344. The molecule has 45 heavy (non-hydrogen) atoms. The molecule has 11 nitrogen and oxygen atoms in total. The number of amides is 1. The second-order valence-corrected chi connectivity index (χ2v) is 13.0. The maximum atomic E-state index is 13.9. The summed E-state index contributed by atoms with van der Waals surface area (Å²) in [4.78, 5) is 19.6. The van der Waals surface area contributed by atoms with E-state index in [1.165, 1.54) is 42.8 Å². The highest BCUT2D eigenvalue weighted by atomic mass is 32.2. The lowest BCUT2D eigenvalue weighted by molar-refractivity contribution is -0.306. The minimum atomic E-state index is -4.94. The van der Waals surface area contributed by atoms with Crippen LogP contribution in [0.2, 0.25) is 0 Å². The van der Waals surface area contributed by atoms with Gasteiger partial charge in [-0.2, -0.15) is 14.5 Å². The van der Waals surface area contributed by atoms with Crippen LogP contribution in [0.3, 0.4) is 0 Å². The van der Waals surface area contributed by atoms with Crippen molar-refractivity contribution in [2.45, 2.75) is 38.7 Å². The number of aromatic nitrogens is 3. The highest BCUT2D eigenvalue weighted by Crippen LogP contribution is 2.36. The number of piperazine rings is 1. The number of halogens is 6. The van der Waals surface area contributed by atoms with Crippen molar-refractivity contribution in [3.05, 3.63) is 65.0 Å². The molecule has 3 heterocycles. The molecule has 1 aromatic carbocycles. The van der Waals surface area contributed by atoms with Gasteiger partial charge >= 0.3 is 12.7 Å². The number of carbonyl (C=O) groups is 1. The zero-order valence-corrected chi connectivity index (χ0v) is 24.8. The van der Waals surface area contributed by atoms with E-state index in [9.17, 15) is 39.6 Å². The summed E-state index contributed by atoms with van der Waals surface area (Å²) in [5.74, 6) is -2.49. The molecule has 0 radical (unpaired) electrons. The van der Waals surface area contributed by atoms with Crippen LogP contribution < -0.4 is 15.0 Å². The van der Waals surface area contributed by atoms with Crippen LogP contribution in [0.15, 0.2) is 59.5 Å². The summed E-state index contributed by atoms with van der Waals surface area (Å²) < 4.78 is 113. The van der Waals surface area contributed by atoms with Crippen molar-refractivity contribution in [3.8, 4) is 5.75 Å². The van der Waals surface area contributed by atoms with Gasteiger partial charge in [0.25, 0.3) is 0 Å². The van der Waals surface area contributed by atoms with E-state index in [-0.39, 0.29) is 37.5 Å². The number of anilines is 1. The summed E-state index contributed by atoms with van der Waals surface area (Å²) >= 11 is 1.27. The minimum Gasteiger partial charge on any atom is -0.410 e. The molecular weight excluding hydrogens is 654 g/mol. The molecule has 1 saturated heterocycles. The maximum absolute atomic E-state index is 13.9. The molecule has 2 aromatic heterocycles. The topological polar surface area (TPSA) is 127 Å². The van der Waals surface area contributed by atoms with Crippen molar-refractivity contribution in [1.29, 1.82) is 0 Å². The smallest absolute Gasteiger partial charge is 0.410 e. The number of thiazole rings is 1. The number of carbonyl (C=O) groups excluding carboxylic acids is 1. The maximum Gasteiger partial charge on any atom is 0.573 e. The normalized spacial score (nSPS) is 20.0. The molecule has 1 aliphatic heterocycles. The van der Waals surface area contributed by atoms with Gasteiger partial charge in [0, 0.05) is 38.5 Å². The van der Waals surface area contributed by atoms with Crippen molar-refractivity contribution in [2.75, 3.05) is 24.5 Å². The van der Waals surface area contributed by atoms with E-state index in [4.69, 9.17) is 0 Å². The summed E-state index contributed by atoms with van der Waals surface area (Å²) in [6, 6.07) is 3.48. The summed E-state index contributed by atoms with van der Waals surface area (Å²) in [5, 5.41) is 10.8. The van der Waals surface area contributed by atoms with E-state index in [1.54, 1.807) is 4.90 Å². The van der Waals surface area contributed by atoms with Gasteiger partial charge in [0.05, 0.1) is 22.0 Å². The number of sulfonamides is 1. The minimum absolute atomic E-state index is 0.121. The molecule has 3 aromatic rings. The first-order valence-electron chi connectivity index (χ1n) is 13.2. The predicted molar refractivity (Wildman–Crippen MR) is 149 cm³/mol. The van der Waals surface area contributed by atoms with Gasteiger partial charge in [-0.1, -0.05) is 30.4 Å². The second kappa shape index (κ2) is 12.4. The molecular formula is C26H24F6N6O5S2. The van der Waals surface area contributed by atoms with Crippen LogP contribution in [0.25, 0.3) is 10.2 Å². The number of ether oxygens (including phenoxy) is 2. The van der Waals surface area contributed by atoms with Gasteiger partial charge < -0.3 is 19.7 Å². The molecule has 2 atom stereocenters. The Hall–Kier alpha value is -3.97. The molecule has 1 unspecified atom stereocenters. The molecule has 242 valence electrons. The zero-order chi connectivity index (χ0) is 32.6. The molecule has 1 N–H and O–H groups in total. The number of hydrogen-bond acceptors (Lipinski definition) is 10. The lowest BCUT2D eigenvalue weighted by Crippen LogP contribution is -2.61. The molecule has 2 aliphatic rings. The van der Waals surface area contributed by atoms with Crippen LogP contribution in [0.4, 0.5) is 31.5 Å². The van der Waals surface area contributed by atoms with E-state index in [0.717, 1.165) is 33.3 Å². The fourth-order valence-electron chi connectivity index (χ4n) is 4.89. The lowest BCUT2D eigenvalue weighted by atomic mass is 10.0.